The molecule has 0 spiro atoms. The van der Waals surface area contributed by atoms with Gasteiger partial charge in [-0.25, -0.2) is 0 Å². The second-order valence-electron chi connectivity index (χ2n) is 5.52. The van der Waals surface area contributed by atoms with Crippen LogP contribution in [0.2, 0.25) is 0 Å². The summed E-state index contributed by atoms with van der Waals surface area (Å²) < 4.78 is 5.83. The molecule has 18 heavy (non-hydrogen) atoms. The fraction of sp³-hybridized carbons (Fsp3) is 0.533. The Balaban J connectivity index is 2.36. The van der Waals surface area contributed by atoms with Gasteiger partial charge in [-0.2, -0.15) is 0 Å². The quantitative estimate of drug-likeness (QED) is 0.822. The zero-order valence-electron chi connectivity index (χ0n) is 11.6. The molecule has 0 atom stereocenters. The van der Waals surface area contributed by atoms with Gasteiger partial charge in [-0.3, -0.25) is 4.79 Å². The van der Waals surface area contributed by atoms with E-state index in [1.54, 1.807) is 0 Å². The summed E-state index contributed by atoms with van der Waals surface area (Å²) in [5.74, 6) is 1.15. The number of benzene rings is 1. The minimum atomic E-state index is -0.434. The fourth-order valence-corrected chi connectivity index (χ4v) is 2.40. The van der Waals surface area contributed by atoms with E-state index in [-0.39, 0.29) is 6.10 Å². The maximum Gasteiger partial charge on any atom is 0.159 e. The number of rotatable bonds is 3. The average molecular weight is 247 g/mol. The summed E-state index contributed by atoms with van der Waals surface area (Å²) in [5, 5.41) is 0. The lowest BCUT2D eigenvalue weighted by atomic mass is 10.00. The lowest BCUT2D eigenvalue weighted by Gasteiger charge is -2.33. The van der Waals surface area contributed by atoms with E-state index in [9.17, 15) is 4.79 Å². The van der Waals surface area contributed by atoms with E-state index >= 15 is 0 Å². The molecule has 1 aromatic carbocycles. The van der Waals surface area contributed by atoms with Crippen LogP contribution >= 0.6 is 0 Å². The van der Waals surface area contributed by atoms with E-state index in [0.717, 1.165) is 18.0 Å². The molecule has 1 heterocycles. The number of carbonyl (C=O) groups excluding carboxylic acids is 1. The van der Waals surface area contributed by atoms with Crippen molar-refractivity contribution >= 4 is 11.5 Å². The van der Waals surface area contributed by atoms with Gasteiger partial charge < -0.3 is 9.64 Å². The SMILES string of the molecule is CC(C)Oc1ccccc1N1CCC(=O)C1(C)C. The summed E-state index contributed by atoms with van der Waals surface area (Å²) in [6, 6.07) is 7.94. The van der Waals surface area contributed by atoms with E-state index in [1.807, 2.05) is 52.0 Å². The van der Waals surface area contributed by atoms with Crippen molar-refractivity contribution in [3.05, 3.63) is 24.3 Å². The van der Waals surface area contributed by atoms with Gasteiger partial charge in [0.2, 0.25) is 0 Å². The molecule has 0 amide bonds. The molecule has 0 unspecified atom stereocenters. The van der Waals surface area contributed by atoms with Crippen LogP contribution in [0.1, 0.15) is 34.1 Å². The van der Waals surface area contributed by atoms with Crippen LogP contribution in [-0.4, -0.2) is 24.0 Å². The summed E-state index contributed by atoms with van der Waals surface area (Å²) in [5.41, 5.74) is 0.582. The molecule has 0 aromatic heterocycles. The number of ketones is 1. The third kappa shape index (κ3) is 2.22. The molecule has 1 aliphatic rings. The molecule has 0 N–H and O–H groups in total. The molecule has 3 heteroatoms. The van der Waals surface area contributed by atoms with Crippen molar-refractivity contribution in [2.24, 2.45) is 0 Å². The number of para-hydroxylation sites is 2. The largest absolute Gasteiger partial charge is 0.489 e. The summed E-state index contributed by atoms with van der Waals surface area (Å²) in [7, 11) is 0. The highest BCUT2D eigenvalue weighted by molar-refractivity contribution is 5.95. The highest BCUT2D eigenvalue weighted by Crippen LogP contribution is 2.37. The predicted molar refractivity (Wildman–Crippen MR) is 73.3 cm³/mol. The fourth-order valence-electron chi connectivity index (χ4n) is 2.40. The first-order chi connectivity index (χ1) is 8.43. The molecule has 0 bridgehead atoms. The molecule has 1 fully saturated rings. The van der Waals surface area contributed by atoms with E-state index < -0.39 is 5.54 Å². The van der Waals surface area contributed by atoms with Crippen molar-refractivity contribution < 1.29 is 9.53 Å². The normalized spacial score (nSPS) is 18.5. The van der Waals surface area contributed by atoms with Crippen molar-refractivity contribution in [3.8, 4) is 5.75 Å². The third-order valence-corrected chi connectivity index (χ3v) is 3.44. The number of nitrogens with zero attached hydrogens (tertiary/aromatic N) is 1. The average Bonchev–Trinajstić information content (AvgIpc) is 2.54. The Morgan fingerprint density at radius 1 is 1.28 bits per heavy atom. The summed E-state index contributed by atoms with van der Waals surface area (Å²) in [4.78, 5) is 14.1. The Morgan fingerprint density at radius 3 is 2.50 bits per heavy atom. The molecule has 2 rings (SSSR count). The van der Waals surface area contributed by atoms with Crippen LogP contribution in [0.5, 0.6) is 5.75 Å². The summed E-state index contributed by atoms with van der Waals surface area (Å²) >= 11 is 0. The molecule has 1 aromatic rings. The zero-order chi connectivity index (χ0) is 13.3. The highest BCUT2D eigenvalue weighted by atomic mass is 16.5. The first-order valence-corrected chi connectivity index (χ1v) is 6.49. The van der Waals surface area contributed by atoms with Gasteiger partial charge in [-0.15, -0.1) is 0 Å². The first kappa shape index (κ1) is 12.9. The number of hydrogen-bond donors (Lipinski definition) is 0. The molecule has 3 nitrogen and oxygen atoms in total. The maximum atomic E-state index is 11.9. The minimum Gasteiger partial charge on any atom is -0.489 e. The van der Waals surface area contributed by atoms with Gasteiger partial charge in [0.05, 0.1) is 17.3 Å². The van der Waals surface area contributed by atoms with Crippen LogP contribution in [0, 0.1) is 0 Å². The van der Waals surface area contributed by atoms with Crippen LogP contribution in [0.3, 0.4) is 0 Å². The van der Waals surface area contributed by atoms with Gasteiger partial charge in [-0.1, -0.05) is 12.1 Å². The van der Waals surface area contributed by atoms with Crippen LogP contribution in [0.15, 0.2) is 24.3 Å². The highest BCUT2D eigenvalue weighted by Gasteiger charge is 2.41. The van der Waals surface area contributed by atoms with Gasteiger partial charge in [0.25, 0.3) is 0 Å². The zero-order valence-corrected chi connectivity index (χ0v) is 11.6. The molecular weight excluding hydrogens is 226 g/mol. The van der Waals surface area contributed by atoms with Crippen molar-refractivity contribution in [2.75, 3.05) is 11.4 Å². The molecule has 1 aliphatic heterocycles. The Kier molecular flexibility index (Phi) is 3.33. The van der Waals surface area contributed by atoms with Gasteiger partial charge >= 0.3 is 0 Å². The Hall–Kier alpha value is -1.51. The van der Waals surface area contributed by atoms with Crippen LogP contribution in [0.4, 0.5) is 5.69 Å². The van der Waals surface area contributed by atoms with Crippen LogP contribution < -0.4 is 9.64 Å². The van der Waals surface area contributed by atoms with Crippen molar-refractivity contribution in [1.29, 1.82) is 0 Å². The van der Waals surface area contributed by atoms with Gasteiger partial charge in [0, 0.05) is 13.0 Å². The Morgan fingerprint density at radius 2 is 1.94 bits per heavy atom. The molecular formula is C15H21NO2. The smallest absolute Gasteiger partial charge is 0.159 e. The predicted octanol–water partition coefficient (Wildman–Crippen LogP) is 3.03. The summed E-state index contributed by atoms with van der Waals surface area (Å²) in [6.07, 6.45) is 0.746. The Labute approximate surface area is 109 Å². The van der Waals surface area contributed by atoms with Crippen LogP contribution in [0.25, 0.3) is 0 Å². The first-order valence-electron chi connectivity index (χ1n) is 6.49. The lowest BCUT2D eigenvalue weighted by molar-refractivity contribution is -0.120. The second-order valence-corrected chi connectivity index (χ2v) is 5.52. The van der Waals surface area contributed by atoms with Crippen molar-refractivity contribution in [1.82, 2.24) is 0 Å². The molecule has 0 saturated carbocycles. The number of hydrogen-bond acceptors (Lipinski definition) is 3. The number of carbonyl (C=O) groups is 1. The summed E-state index contributed by atoms with van der Waals surface area (Å²) in [6.45, 7) is 8.75. The molecule has 1 saturated heterocycles. The topological polar surface area (TPSA) is 29.5 Å². The third-order valence-electron chi connectivity index (χ3n) is 3.44. The maximum absolute atomic E-state index is 11.9. The standard InChI is InChI=1S/C15H21NO2/c1-11(2)18-13-8-6-5-7-12(13)16-10-9-14(17)15(16,3)4/h5-8,11H,9-10H2,1-4H3. The number of Topliss-reactive ketones (excluding diaryl/α,β-unsaturated/α-hetero) is 1. The monoisotopic (exact) mass is 247 g/mol. The number of ether oxygens (including phenoxy) is 1. The van der Waals surface area contributed by atoms with Crippen molar-refractivity contribution in [3.63, 3.8) is 0 Å². The van der Waals surface area contributed by atoms with Gasteiger partial charge in [0.15, 0.2) is 5.78 Å². The van der Waals surface area contributed by atoms with E-state index in [2.05, 4.69) is 4.90 Å². The van der Waals surface area contributed by atoms with Gasteiger partial charge in [0.1, 0.15) is 5.75 Å². The molecule has 98 valence electrons. The Bertz CT molecular complexity index is 452. The van der Waals surface area contributed by atoms with Crippen molar-refractivity contribution in [2.45, 2.75) is 45.8 Å². The molecule has 0 aliphatic carbocycles. The van der Waals surface area contributed by atoms with E-state index in [1.165, 1.54) is 0 Å². The second kappa shape index (κ2) is 4.63. The van der Waals surface area contributed by atoms with E-state index in [0.29, 0.717) is 12.2 Å². The lowest BCUT2D eigenvalue weighted by Crippen LogP contribution is -2.43. The minimum absolute atomic E-state index is 0.132. The van der Waals surface area contributed by atoms with Crippen LogP contribution in [-0.2, 0) is 4.79 Å². The number of anilines is 1. The van der Waals surface area contributed by atoms with Gasteiger partial charge in [-0.05, 0) is 39.8 Å². The van der Waals surface area contributed by atoms with E-state index in [4.69, 9.17) is 4.74 Å². The molecule has 0 radical (unpaired) electrons.